The molecule has 0 amide bonds. The zero-order chi connectivity index (χ0) is 14.8. The van der Waals surface area contributed by atoms with E-state index in [1.54, 1.807) is 18.2 Å². The second-order valence-corrected chi connectivity index (χ2v) is 6.82. The summed E-state index contributed by atoms with van der Waals surface area (Å²) in [5.41, 5.74) is 6.98. The van der Waals surface area contributed by atoms with Crippen LogP contribution in [0.5, 0.6) is 0 Å². The number of rotatable bonds is 4. The molecule has 4 heteroatoms. The van der Waals surface area contributed by atoms with E-state index in [2.05, 4.69) is 39.9 Å². The third kappa shape index (κ3) is 4.47. The number of nitrogens with two attached hydrogens (primary N) is 1. The van der Waals surface area contributed by atoms with Gasteiger partial charge in [0.25, 0.3) is 0 Å². The lowest BCUT2D eigenvalue weighted by molar-refractivity contribution is 0.0698. The minimum absolute atomic E-state index is 0.142. The highest BCUT2D eigenvalue weighted by Crippen LogP contribution is 2.33. The average Bonchev–Trinajstić information content (AvgIpc) is 2.16. The summed E-state index contributed by atoms with van der Waals surface area (Å²) in [5.74, 6) is -0.971. The molecule has 0 atom stereocenters. The standard InChI is InChI=1S/C15H24N2O2/c1-14(2,3)9-15(4,5)17-12-10(13(18)19)7-6-8-11(12)16/h6-8,17H,9,16H2,1-5H3,(H,18,19). The van der Waals surface area contributed by atoms with Crippen LogP contribution in [0.3, 0.4) is 0 Å². The molecule has 0 aliphatic heterocycles. The molecule has 0 saturated carbocycles. The monoisotopic (exact) mass is 264 g/mol. The van der Waals surface area contributed by atoms with Crippen molar-refractivity contribution in [2.24, 2.45) is 5.41 Å². The van der Waals surface area contributed by atoms with Gasteiger partial charge in [0.1, 0.15) is 0 Å². The summed E-state index contributed by atoms with van der Waals surface area (Å²) >= 11 is 0. The second-order valence-electron chi connectivity index (χ2n) is 6.82. The maximum atomic E-state index is 11.2. The Balaban J connectivity index is 3.08. The Morgan fingerprint density at radius 2 is 1.84 bits per heavy atom. The van der Waals surface area contributed by atoms with Gasteiger partial charge >= 0.3 is 5.97 Å². The van der Waals surface area contributed by atoms with E-state index in [1.165, 1.54) is 0 Å². The van der Waals surface area contributed by atoms with Gasteiger partial charge in [-0.3, -0.25) is 0 Å². The highest BCUT2D eigenvalue weighted by Gasteiger charge is 2.27. The Bertz CT molecular complexity index is 474. The molecule has 0 fully saturated rings. The lowest BCUT2D eigenvalue weighted by Gasteiger charge is -2.35. The molecule has 19 heavy (non-hydrogen) atoms. The summed E-state index contributed by atoms with van der Waals surface area (Å²) in [6.07, 6.45) is 0.896. The predicted molar refractivity (Wildman–Crippen MR) is 79.6 cm³/mol. The number of hydrogen-bond acceptors (Lipinski definition) is 3. The van der Waals surface area contributed by atoms with Gasteiger partial charge in [-0.05, 0) is 37.8 Å². The second kappa shape index (κ2) is 5.11. The minimum atomic E-state index is -0.971. The van der Waals surface area contributed by atoms with Gasteiger partial charge in [0.2, 0.25) is 0 Å². The van der Waals surface area contributed by atoms with E-state index in [0.29, 0.717) is 11.4 Å². The maximum Gasteiger partial charge on any atom is 0.337 e. The molecule has 0 unspecified atom stereocenters. The molecule has 0 radical (unpaired) electrons. The first-order valence-electron chi connectivity index (χ1n) is 6.42. The number of carboxylic acid groups (broad SMARTS) is 1. The number of anilines is 2. The highest BCUT2D eigenvalue weighted by molar-refractivity contribution is 5.97. The third-order valence-electron chi connectivity index (χ3n) is 2.76. The van der Waals surface area contributed by atoms with Crippen LogP contribution in [0.4, 0.5) is 11.4 Å². The first-order chi connectivity index (χ1) is 8.52. The van der Waals surface area contributed by atoms with Crippen molar-refractivity contribution < 1.29 is 9.90 Å². The summed E-state index contributed by atoms with van der Waals surface area (Å²) < 4.78 is 0. The number of hydrogen-bond donors (Lipinski definition) is 3. The van der Waals surface area contributed by atoms with Crippen molar-refractivity contribution in [3.63, 3.8) is 0 Å². The van der Waals surface area contributed by atoms with Crippen molar-refractivity contribution in [2.45, 2.75) is 46.6 Å². The van der Waals surface area contributed by atoms with Crippen LogP contribution in [-0.2, 0) is 0 Å². The topological polar surface area (TPSA) is 75.3 Å². The van der Waals surface area contributed by atoms with E-state index < -0.39 is 5.97 Å². The van der Waals surface area contributed by atoms with Crippen molar-refractivity contribution in [1.29, 1.82) is 0 Å². The molecule has 1 rings (SSSR count). The van der Waals surface area contributed by atoms with E-state index in [9.17, 15) is 9.90 Å². The quantitative estimate of drug-likeness (QED) is 0.726. The number of nitrogen functional groups attached to an aromatic ring is 1. The molecular weight excluding hydrogens is 240 g/mol. The van der Waals surface area contributed by atoms with Crippen LogP contribution in [0.15, 0.2) is 18.2 Å². The fourth-order valence-electron chi connectivity index (χ4n) is 2.60. The number of para-hydroxylation sites is 1. The zero-order valence-corrected chi connectivity index (χ0v) is 12.4. The summed E-state index contributed by atoms with van der Waals surface area (Å²) in [6.45, 7) is 10.6. The third-order valence-corrected chi connectivity index (χ3v) is 2.76. The van der Waals surface area contributed by atoms with Crippen LogP contribution in [0.2, 0.25) is 0 Å². The van der Waals surface area contributed by atoms with Crippen LogP contribution >= 0.6 is 0 Å². The van der Waals surface area contributed by atoms with Gasteiger partial charge in [-0.25, -0.2) is 4.79 Å². The van der Waals surface area contributed by atoms with E-state index in [0.717, 1.165) is 6.42 Å². The van der Waals surface area contributed by atoms with Crippen LogP contribution in [-0.4, -0.2) is 16.6 Å². The van der Waals surface area contributed by atoms with Crippen molar-refractivity contribution in [3.8, 4) is 0 Å². The Labute approximate surface area is 115 Å². The van der Waals surface area contributed by atoms with Crippen LogP contribution in [0.1, 0.15) is 51.4 Å². The molecule has 0 aliphatic rings. The van der Waals surface area contributed by atoms with Crippen molar-refractivity contribution in [3.05, 3.63) is 23.8 Å². The highest BCUT2D eigenvalue weighted by atomic mass is 16.4. The van der Waals surface area contributed by atoms with Crippen LogP contribution < -0.4 is 11.1 Å². The lowest BCUT2D eigenvalue weighted by atomic mass is 9.81. The Kier molecular flexibility index (Phi) is 4.13. The molecule has 4 N–H and O–H groups in total. The first-order valence-corrected chi connectivity index (χ1v) is 6.42. The Hall–Kier alpha value is -1.71. The fraction of sp³-hybridized carbons (Fsp3) is 0.533. The summed E-state index contributed by atoms with van der Waals surface area (Å²) in [7, 11) is 0. The SMILES string of the molecule is CC(C)(C)CC(C)(C)Nc1c(N)cccc1C(=O)O. The number of nitrogens with one attached hydrogen (secondary N) is 1. The zero-order valence-electron chi connectivity index (χ0n) is 12.4. The molecule has 0 bridgehead atoms. The van der Waals surface area contributed by atoms with Gasteiger partial charge in [-0.2, -0.15) is 0 Å². The minimum Gasteiger partial charge on any atom is -0.478 e. The van der Waals surface area contributed by atoms with Crippen molar-refractivity contribution in [2.75, 3.05) is 11.1 Å². The van der Waals surface area contributed by atoms with Gasteiger partial charge in [0.15, 0.2) is 0 Å². The van der Waals surface area contributed by atoms with Crippen LogP contribution in [0.25, 0.3) is 0 Å². The molecule has 0 saturated heterocycles. The maximum absolute atomic E-state index is 11.2. The van der Waals surface area contributed by atoms with Gasteiger partial charge in [0.05, 0.1) is 16.9 Å². The van der Waals surface area contributed by atoms with E-state index >= 15 is 0 Å². The number of benzene rings is 1. The number of carboxylic acids is 1. The summed E-state index contributed by atoms with van der Waals surface area (Å²) in [6, 6.07) is 4.93. The van der Waals surface area contributed by atoms with Crippen molar-refractivity contribution >= 4 is 17.3 Å². The van der Waals surface area contributed by atoms with E-state index in [4.69, 9.17) is 5.73 Å². The molecule has 4 nitrogen and oxygen atoms in total. The van der Waals surface area contributed by atoms with Gasteiger partial charge < -0.3 is 16.2 Å². The molecular formula is C15H24N2O2. The Morgan fingerprint density at radius 3 is 2.32 bits per heavy atom. The number of aromatic carboxylic acids is 1. The molecule has 106 valence electrons. The molecule has 0 aliphatic carbocycles. The first kappa shape index (κ1) is 15.3. The molecule has 0 spiro atoms. The van der Waals surface area contributed by atoms with Gasteiger partial charge in [0, 0.05) is 5.54 Å². The van der Waals surface area contributed by atoms with E-state index in [-0.39, 0.29) is 16.5 Å². The Morgan fingerprint density at radius 1 is 1.26 bits per heavy atom. The molecule has 1 aromatic rings. The normalized spacial score (nSPS) is 12.3. The average molecular weight is 264 g/mol. The van der Waals surface area contributed by atoms with Crippen molar-refractivity contribution in [1.82, 2.24) is 0 Å². The predicted octanol–water partition coefficient (Wildman–Crippen LogP) is 3.59. The van der Waals surface area contributed by atoms with Gasteiger partial charge in [-0.15, -0.1) is 0 Å². The summed E-state index contributed by atoms with van der Waals surface area (Å²) in [4.78, 5) is 11.2. The largest absolute Gasteiger partial charge is 0.478 e. The summed E-state index contributed by atoms with van der Waals surface area (Å²) in [5, 5.41) is 12.5. The molecule has 1 aromatic carbocycles. The fourth-order valence-corrected chi connectivity index (χ4v) is 2.60. The lowest BCUT2D eigenvalue weighted by Crippen LogP contribution is -2.36. The van der Waals surface area contributed by atoms with E-state index in [1.807, 2.05) is 0 Å². The van der Waals surface area contributed by atoms with Gasteiger partial charge in [-0.1, -0.05) is 26.8 Å². The smallest absolute Gasteiger partial charge is 0.337 e. The molecule has 0 aromatic heterocycles. The van der Waals surface area contributed by atoms with Crippen LogP contribution in [0, 0.1) is 5.41 Å². The number of carbonyl (C=O) groups is 1. The molecule has 0 heterocycles.